The van der Waals surface area contributed by atoms with Gasteiger partial charge >= 0.3 is 0 Å². The Balaban J connectivity index is 1.50. The monoisotopic (exact) mass is 812 g/mol. The molecule has 0 heterocycles. The Bertz CT molecular complexity index is 2470. The van der Waals surface area contributed by atoms with Crippen LogP contribution < -0.4 is 9.47 Å². The van der Waals surface area contributed by atoms with Crippen LogP contribution in [0.1, 0.15) is 95.2 Å². The maximum atomic E-state index is 12.4. The summed E-state index contributed by atoms with van der Waals surface area (Å²) >= 11 is 0. The molecule has 0 radical (unpaired) electrons. The van der Waals surface area contributed by atoms with Gasteiger partial charge in [-0.2, -0.15) is 0 Å². The number of phenolic OH excluding ortho intramolecular Hbond substituents is 6. The highest BCUT2D eigenvalue weighted by atomic mass is 16.5. The second kappa shape index (κ2) is 17.4. The van der Waals surface area contributed by atoms with Crippen molar-refractivity contribution in [2.45, 2.75) is 81.1 Å². The van der Waals surface area contributed by atoms with Crippen LogP contribution in [0.5, 0.6) is 46.0 Å². The molecule has 0 bridgehead atoms. The van der Waals surface area contributed by atoms with Crippen molar-refractivity contribution in [1.82, 2.24) is 0 Å². The minimum Gasteiger partial charge on any atom is -0.507 e. The summed E-state index contributed by atoms with van der Waals surface area (Å²) in [6.45, 7) is 20.0. The molecule has 0 fully saturated rings. The van der Waals surface area contributed by atoms with Crippen LogP contribution in [-0.2, 0) is 0 Å². The van der Waals surface area contributed by atoms with Crippen molar-refractivity contribution in [1.29, 1.82) is 0 Å². The van der Waals surface area contributed by atoms with Gasteiger partial charge in [-0.25, -0.2) is 0 Å². The van der Waals surface area contributed by atoms with Crippen LogP contribution in [0.2, 0.25) is 0 Å². The zero-order valence-electron chi connectivity index (χ0n) is 36.2. The van der Waals surface area contributed by atoms with Crippen LogP contribution in [0, 0.1) is 41.5 Å². The Morgan fingerprint density at radius 2 is 0.817 bits per heavy atom. The largest absolute Gasteiger partial charge is 0.507 e. The fourth-order valence-corrected chi connectivity index (χ4v) is 8.39. The summed E-state index contributed by atoms with van der Waals surface area (Å²) in [6.07, 6.45) is 2.85. The zero-order valence-corrected chi connectivity index (χ0v) is 36.2. The number of ether oxygens (including phenoxy) is 2. The molecule has 0 saturated carbocycles. The Labute approximate surface area is 351 Å². The lowest BCUT2D eigenvalue weighted by atomic mass is 9.83. The van der Waals surface area contributed by atoms with Crippen molar-refractivity contribution in [3.63, 3.8) is 0 Å². The van der Waals surface area contributed by atoms with Gasteiger partial charge in [0.25, 0.3) is 0 Å². The molecular formula is C50H56N2O8. The van der Waals surface area contributed by atoms with E-state index in [9.17, 15) is 30.6 Å². The average molecular weight is 813 g/mol. The van der Waals surface area contributed by atoms with Crippen LogP contribution in [-0.4, -0.2) is 69.4 Å². The maximum Gasteiger partial charge on any atom is 0.167 e. The number of nitrogens with zero attached hydrogens (tertiary/aromatic N) is 2. The smallest absolute Gasteiger partial charge is 0.167 e. The Morgan fingerprint density at radius 1 is 0.483 bits per heavy atom. The zero-order chi connectivity index (χ0) is 43.7. The van der Waals surface area contributed by atoms with Gasteiger partial charge in [-0.05, 0) is 97.5 Å². The molecule has 6 aromatic rings. The molecular weight excluding hydrogens is 757 g/mol. The third-order valence-electron chi connectivity index (χ3n) is 11.2. The SMILES string of the molecule is Cc1cccc(C)c1OCCN=Cc1c(O)c(O)c(C(C)C)c2cc(C)c(-c3c(C)cc4c(C(C)C)c(O)c(O)c(C=NCCOc5c(C)cccc5C)c4c3O)c(O)c12. The van der Waals surface area contributed by atoms with Crippen LogP contribution in [0.3, 0.4) is 0 Å². The predicted octanol–water partition coefficient (Wildman–Crippen LogP) is 11.0. The summed E-state index contributed by atoms with van der Waals surface area (Å²) in [7, 11) is 0. The van der Waals surface area contributed by atoms with E-state index in [-0.39, 0.29) is 94.2 Å². The van der Waals surface area contributed by atoms with E-state index in [0.717, 1.165) is 33.8 Å². The second-order valence-corrected chi connectivity index (χ2v) is 16.2. The van der Waals surface area contributed by atoms with Gasteiger partial charge in [0.1, 0.15) is 36.2 Å². The molecule has 6 rings (SSSR count). The van der Waals surface area contributed by atoms with Crippen LogP contribution >= 0.6 is 0 Å². The summed E-state index contributed by atoms with van der Waals surface area (Å²) in [6, 6.07) is 15.5. The lowest BCUT2D eigenvalue weighted by Crippen LogP contribution is -2.05. The van der Waals surface area contributed by atoms with Gasteiger partial charge in [0, 0.05) is 56.6 Å². The summed E-state index contributed by atoms with van der Waals surface area (Å²) in [5.74, 6) is -0.869. The molecule has 0 aliphatic carbocycles. The number of para-hydroxylation sites is 2. The van der Waals surface area contributed by atoms with E-state index in [1.807, 2.05) is 104 Å². The van der Waals surface area contributed by atoms with E-state index in [4.69, 9.17) is 9.47 Å². The quantitative estimate of drug-likeness (QED) is 0.0381. The van der Waals surface area contributed by atoms with Crippen LogP contribution in [0.25, 0.3) is 32.7 Å². The van der Waals surface area contributed by atoms with E-state index < -0.39 is 11.5 Å². The number of hydrogen-bond acceptors (Lipinski definition) is 10. The lowest BCUT2D eigenvalue weighted by molar-refractivity contribution is 0.324. The molecule has 0 aromatic heterocycles. The van der Waals surface area contributed by atoms with Crippen molar-refractivity contribution >= 4 is 34.0 Å². The minimum atomic E-state index is -0.433. The average Bonchev–Trinajstić information content (AvgIpc) is 3.17. The lowest BCUT2D eigenvalue weighted by Gasteiger charge is -2.23. The van der Waals surface area contributed by atoms with Crippen molar-refractivity contribution < 1.29 is 40.1 Å². The fraction of sp³-hybridized carbons (Fsp3) is 0.320. The van der Waals surface area contributed by atoms with Crippen molar-refractivity contribution in [3.05, 3.63) is 104 Å². The van der Waals surface area contributed by atoms with Gasteiger partial charge < -0.3 is 40.1 Å². The first-order valence-electron chi connectivity index (χ1n) is 20.3. The van der Waals surface area contributed by atoms with Gasteiger partial charge in [0.15, 0.2) is 23.0 Å². The number of phenols is 6. The van der Waals surface area contributed by atoms with Crippen molar-refractivity contribution in [2.75, 3.05) is 26.3 Å². The van der Waals surface area contributed by atoms with E-state index >= 15 is 0 Å². The molecule has 60 heavy (non-hydrogen) atoms. The predicted molar refractivity (Wildman–Crippen MR) is 242 cm³/mol. The summed E-state index contributed by atoms with van der Waals surface area (Å²) in [5, 5.41) is 72.1. The number of fused-ring (bicyclic) bond motifs is 2. The molecule has 0 aliphatic heterocycles. The van der Waals surface area contributed by atoms with Gasteiger partial charge in [-0.3, -0.25) is 9.98 Å². The number of aromatic hydroxyl groups is 6. The van der Waals surface area contributed by atoms with E-state index in [2.05, 4.69) is 9.98 Å². The number of aliphatic imine (C=N–C) groups is 2. The molecule has 0 unspecified atom stereocenters. The number of rotatable bonds is 13. The van der Waals surface area contributed by atoms with Crippen molar-refractivity contribution in [3.8, 4) is 57.1 Å². The maximum absolute atomic E-state index is 12.4. The molecule has 0 aliphatic rings. The molecule has 0 spiro atoms. The minimum absolute atomic E-state index is 0.108. The van der Waals surface area contributed by atoms with Crippen LogP contribution in [0.15, 0.2) is 58.5 Å². The molecule has 6 aromatic carbocycles. The second-order valence-electron chi connectivity index (χ2n) is 16.2. The Morgan fingerprint density at radius 3 is 1.13 bits per heavy atom. The summed E-state index contributed by atoms with van der Waals surface area (Å²) < 4.78 is 12.1. The Kier molecular flexibility index (Phi) is 12.5. The van der Waals surface area contributed by atoms with E-state index in [1.54, 1.807) is 13.8 Å². The Hall–Kier alpha value is -6.42. The first-order valence-corrected chi connectivity index (χ1v) is 20.3. The summed E-state index contributed by atoms with van der Waals surface area (Å²) in [4.78, 5) is 9.10. The standard InChI is InChI=1S/C50H56N2O8/c1-25(2)37-33-21-31(9)39(45(55)41(33)35(43(53)47(37)57)23-51-17-19-59-49-27(5)13-11-14-28(49)6)40-32(10)22-34-38(26(3)4)48(58)44(54)36(42(34)46(40)56)24-52-18-20-60-50-29(7)15-12-16-30(50)8/h11-16,21-26,53-58H,17-20H2,1-10H3. The first kappa shape index (κ1) is 43.2. The summed E-state index contributed by atoms with van der Waals surface area (Å²) in [5.41, 5.74) is 6.86. The normalized spacial score (nSPS) is 12.0. The van der Waals surface area contributed by atoms with Crippen LogP contribution in [0.4, 0.5) is 0 Å². The third kappa shape index (κ3) is 7.86. The third-order valence-corrected chi connectivity index (χ3v) is 11.2. The molecule has 0 amide bonds. The molecule has 314 valence electrons. The number of hydrogen-bond donors (Lipinski definition) is 6. The van der Waals surface area contributed by atoms with E-state index in [0.29, 0.717) is 33.0 Å². The molecule has 0 saturated heterocycles. The van der Waals surface area contributed by atoms with Gasteiger partial charge in [-0.1, -0.05) is 76.2 Å². The molecule has 6 N–H and O–H groups in total. The highest BCUT2D eigenvalue weighted by molar-refractivity contribution is 6.15. The first-order chi connectivity index (χ1) is 28.5. The highest BCUT2D eigenvalue weighted by Crippen LogP contribution is 2.54. The topological polar surface area (TPSA) is 165 Å². The number of aryl methyl sites for hydroxylation is 6. The number of benzene rings is 6. The highest BCUT2D eigenvalue weighted by Gasteiger charge is 2.29. The van der Waals surface area contributed by atoms with E-state index in [1.165, 1.54) is 12.4 Å². The molecule has 10 heteroatoms. The molecule has 10 nitrogen and oxygen atoms in total. The van der Waals surface area contributed by atoms with Gasteiger partial charge in [-0.15, -0.1) is 0 Å². The molecule has 0 atom stereocenters. The van der Waals surface area contributed by atoms with Gasteiger partial charge in [0.05, 0.1) is 13.1 Å². The fourth-order valence-electron chi connectivity index (χ4n) is 8.39. The van der Waals surface area contributed by atoms with Crippen molar-refractivity contribution in [2.24, 2.45) is 9.98 Å². The van der Waals surface area contributed by atoms with Gasteiger partial charge in [0.2, 0.25) is 0 Å².